The van der Waals surface area contributed by atoms with E-state index in [1.54, 1.807) is 52.0 Å². The molecule has 0 radical (unpaired) electrons. The van der Waals surface area contributed by atoms with Gasteiger partial charge in [-0.3, -0.25) is 33.7 Å². The summed E-state index contributed by atoms with van der Waals surface area (Å²) in [5.74, 6) is -3.53. The van der Waals surface area contributed by atoms with E-state index >= 15 is 0 Å². The molecule has 0 saturated carbocycles. The number of anilines is 1. The lowest BCUT2D eigenvalue weighted by Gasteiger charge is -2.24. The maximum atomic E-state index is 13.5. The van der Waals surface area contributed by atoms with Crippen LogP contribution in [0.25, 0.3) is 0 Å². The van der Waals surface area contributed by atoms with Crippen molar-refractivity contribution in [3.8, 4) is 0 Å². The van der Waals surface area contributed by atoms with Gasteiger partial charge in [-0.2, -0.15) is 0 Å². The minimum atomic E-state index is -0.868. The van der Waals surface area contributed by atoms with E-state index in [-0.39, 0.29) is 101 Å². The summed E-state index contributed by atoms with van der Waals surface area (Å²) in [7, 11) is 0. The summed E-state index contributed by atoms with van der Waals surface area (Å²) in [6, 6.07) is 5.23. The Hall–Kier alpha value is -4.71. The van der Waals surface area contributed by atoms with E-state index in [1.807, 2.05) is 0 Å². The number of nitrogens with two attached hydrogens (primary N) is 1. The van der Waals surface area contributed by atoms with Crippen LogP contribution in [0, 0.1) is 17.8 Å². The highest BCUT2D eigenvalue weighted by Crippen LogP contribution is 2.20. The van der Waals surface area contributed by atoms with Crippen LogP contribution in [0.5, 0.6) is 0 Å². The minimum absolute atomic E-state index is 0.0980. The zero-order chi connectivity index (χ0) is 39.9. The lowest BCUT2D eigenvalue weighted by molar-refractivity contribution is -0.148. The zero-order valence-electron chi connectivity index (χ0n) is 31.6. The largest absolute Gasteiger partial charge is 0.461 e. The van der Waals surface area contributed by atoms with Crippen LogP contribution in [-0.4, -0.2) is 118 Å². The quantitative estimate of drug-likeness (QED) is 0.0541. The third-order valence-electron chi connectivity index (χ3n) is 7.96. The summed E-state index contributed by atoms with van der Waals surface area (Å²) < 4.78 is 26.9. The van der Waals surface area contributed by atoms with Crippen LogP contribution in [0.4, 0.5) is 10.5 Å². The molecule has 1 aromatic carbocycles. The fourth-order valence-corrected chi connectivity index (χ4v) is 4.97. The number of amides is 6. The van der Waals surface area contributed by atoms with Gasteiger partial charge in [0.1, 0.15) is 13.2 Å². The lowest BCUT2D eigenvalue weighted by Crippen LogP contribution is -2.47. The van der Waals surface area contributed by atoms with E-state index in [9.17, 15) is 33.6 Å². The van der Waals surface area contributed by atoms with Gasteiger partial charge < -0.3 is 45.4 Å². The van der Waals surface area contributed by atoms with E-state index in [0.29, 0.717) is 31.9 Å². The van der Waals surface area contributed by atoms with Crippen LogP contribution >= 0.6 is 0 Å². The Balaban J connectivity index is 1.72. The Morgan fingerprint density at radius 2 is 1.37 bits per heavy atom. The second-order valence-corrected chi connectivity index (χ2v) is 13.1. The van der Waals surface area contributed by atoms with Gasteiger partial charge >= 0.3 is 12.0 Å². The number of hydrogen-bond acceptors (Lipinski definition) is 12. The van der Waals surface area contributed by atoms with Crippen LogP contribution in [0.2, 0.25) is 0 Å². The minimum Gasteiger partial charge on any atom is -0.461 e. The predicted molar refractivity (Wildman–Crippen MR) is 196 cm³/mol. The number of rotatable bonds is 28. The number of ketones is 1. The van der Waals surface area contributed by atoms with Crippen molar-refractivity contribution in [3.05, 3.63) is 42.0 Å². The molecule has 6 amide bonds. The molecule has 17 heteroatoms. The number of nitrogens with zero attached hydrogens (tertiary/aromatic N) is 1. The van der Waals surface area contributed by atoms with Crippen molar-refractivity contribution < 1.29 is 57.2 Å². The number of esters is 1. The van der Waals surface area contributed by atoms with Gasteiger partial charge in [0, 0.05) is 36.7 Å². The van der Waals surface area contributed by atoms with Crippen LogP contribution in [-0.2, 0) is 59.1 Å². The zero-order valence-corrected chi connectivity index (χ0v) is 31.6. The Labute approximate surface area is 315 Å². The molecule has 17 nitrogen and oxygen atoms in total. The van der Waals surface area contributed by atoms with Crippen LogP contribution in [0.1, 0.15) is 52.5 Å². The molecule has 0 saturated heterocycles. The van der Waals surface area contributed by atoms with Crippen LogP contribution in [0.15, 0.2) is 36.4 Å². The molecule has 1 aliphatic heterocycles. The van der Waals surface area contributed by atoms with Gasteiger partial charge in [0.2, 0.25) is 11.8 Å². The molecular weight excluding hydrogens is 706 g/mol. The number of ether oxygens (including phenoxy) is 5. The summed E-state index contributed by atoms with van der Waals surface area (Å²) in [6.07, 6.45) is 2.94. The molecule has 1 heterocycles. The third-order valence-corrected chi connectivity index (χ3v) is 7.96. The number of hydrogen-bond donors (Lipinski definition) is 4. The highest BCUT2D eigenvalue weighted by atomic mass is 16.6. The highest BCUT2D eigenvalue weighted by Gasteiger charge is 2.29. The lowest BCUT2D eigenvalue weighted by atomic mass is 9.89. The fraction of sp³-hybridized carbons (Fsp3) is 0.595. The molecule has 300 valence electrons. The monoisotopic (exact) mass is 761 g/mol. The number of imide groups is 1. The van der Waals surface area contributed by atoms with Crippen molar-refractivity contribution in [2.24, 2.45) is 23.5 Å². The number of carbonyl (C=O) groups excluding carboxylic acids is 7. The maximum Gasteiger partial charge on any atom is 0.312 e. The van der Waals surface area contributed by atoms with Crippen molar-refractivity contribution in [2.45, 2.75) is 59.6 Å². The van der Waals surface area contributed by atoms with Gasteiger partial charge in [-0.05, 0) is 36.5 Å². The summed E-state index contributed by atoms with van der Waals surface area (Å²) in [6.45, 7) is 9.00. The van der Waals surface area contributed by atoms with Gasteiger partial charge in [0.15, 0.2) is 5.78 Å². The highest BCUT2D eigenvalue weighted by molar-refractivity contribution is 6.12. The molecule has 1 aromatic rings. The third kappa shape index (κ3) is 18.4. The summed E-state index contributed by atoms with van der Waals surface area (Å²) >= 11 is 0. The average Bonchev–Trinajstić information content (AvgIpc) is 3.45. The van der Waals surface area contributed by atoms with Gasteiger partial charge in [-0.25, -0.2) is 4.79 Å². The molecule has 0 unspecified atom stereocenters. The first kappa shape index (κ1) is 45.4. The first-order chi connectivity index (χ1) is 25.8. The molecule has 2 rings (SSSR count). The first-order valence-electron chi connectivity index (χ1n) is 18.0. The topological polar surface area (TPSA) is 231 Å². The summed E-state index contributed by atoms with van der Waals surface area (Å²) in [5.41, 5.74) is 6.39. The van der Waals surface area contributed by atoms with Crippen molar-refractivity contribution >= 4 is 47.1 Å². The standard InChI is InChI=1S/C37H55N5O12/c1-25(2)34(41-31(44)24-53-21-20-52-19-18-51-17-16-50-15-14-42-32(45)11-12-33(42)46)30(43)22-28(6-5-13-39-37(38)49)35(47)40-29-9-7-27(8-10-29)23-54-36(48)26(3)4/h7-12,25-26,28,34H,5-6,13-24H2,1-4H3,(H,40,47)(H,41,44)(H3,38,39,49)/t28-,34+/m1/s1. The maximum absolute atomic E-state index is 13.5. The summed E-state index contributed by atoms with van der Waals surface area (Å²) in [5, 5.41) is 8.03. The Morgan fingerprint density at radius 3 is 1.93 bits per heavy atom. The second kappa shape index (κ2) is 25.3. The smallest absolute Gasteiger partial charge is 0.312 e. The molecule has 5 N–H and O–H groups in total. The van der Waals surface area contributed by atoms with Gasteiger partial charge in [-0.15, -0.1) is 0 Å². The van der Waals surface area contributed by atoms with Gasteiger partial charge in [-0.1, -0.05) is 39.8 Å². The molecule has 0 spiro atoms. The average molecular weight is 762 g/mol. The Bertz CT molecular complexity index is 1400. The van der Waals surface area contributed by atoms with Crippen LogP contribution < -0.4 is 21.7 Å². The van der Waals surface area contributed by atoms with Gasteiger partial charge in [0.25, 0.3) is 11.8 Å². The molecule has 0 aliphatic carbocycles. The van der Waals surface area contributed by atoms with E-state index in [4.69, 9.17) is 29.4 Å². The van der Waals surface area contributed by atoms with E-state index in [2.05, 4.69) is 16.0 Å². The fourth-order valence-electron chi connectivity index (χ4n) is 4.97. The number of urea groups is 1. The molecule has 0 fully saturated rings. The van der Waals surface area contributed by atoms with Crippen molar-refractivity contribution in [1.82, 2.24) is 15.5 Å². The molecular formula is C37H55N5O12. The first-order valence-corrected chi connectivity index (χ1v) is 18.0. The van der Waals surface area contributed by atoms with E-state index in [1.165, 1.54) is 12.2 Å². The summed E-state index contributed by atoms with van der Waals surface area (Å²) in [4.78, 5) is 86.4. The number of primary amides is 1. The molecule has 2 atom stereocenters. The van der Waals surface area contributed by atoms with Crippen LogP contribution in [0.3, 0.4) is 0 Å². The number of Topliss-reactive ketones (excluding diaryl/α,β-unsaturated/α-hetero) is 1. The molecule has 54 heavy (non-hydrogen) atoms. The number of nitrogens with one attached hydrogen (secondary N) is 3. The molecule has 0 bridgehead atoms. The van der Waals surface area contributed by atoms with Gasteiger partial charge in [0.05, 0.1) is 64.8 Å². The Kier molecular flexibility index (Phi) is 21.3. The molecule has 1 aliphatic rings. The van der Waals surface area contributed by atoms with Crippen molar-refractivity contribution in [3.63, 3.8) is 0 Å². The van der Waals surface area contributed by atoms with E-state index < -0.39 is 29.8 Å². The predicted octanol–water partition coefficient (Wildman–Crippen LogP) is 1.48. The SMILES string of the molecule is CC(C)C(=O)OCc1ccc(NC(=O)[C@H](CCCNC(N)=O)CC(=O)[C@@H](NC(=O)COCCOCCOCCOCCN2C(=O)C=CC2=O)C(C)C)cc1. The van der Waals surface area contributed by atoms with Crippen molar-refractivity contribution in [1.29, 1.82) is 0 Å². The second-order valence-electron chi connectivity index (χ2n) is 13.1. The normalized spacial score (nSPS) is 13.6. The number of benzene rings is 1. The number of carbonyl (C=O) groups is 7. The Morgan fingerprint density at radius 1 is 0.796 bits per heavy atom. The van der Waals surface area contributed by atoms with Crippen molar-refractivity contribution in [2.75, 3.05) is 71.3 Å². The molecule has 0 aromatic heterocycles. The van der Waals surface area contributed by atoms with E-state index in [0.717, 1.165) is 10.5 Å².